The van der Waals surface area contributed by atoms with Crippen molar-refractivity contribution in [1.82, 2.24) is 9.97 Å². The number of hydrogen-bond acceptors (Lipinski definition) is 4. The number of aromatic nitrogens is 2. The molecule has 0 saturated heterocycles. The minimum Gasteiger partial charge on any atom is -0.371 e. The molecular formula is C11H16BrN3O. The Kier molecular flexibility index (Phi) is 3.28. The molecule has 4 nitrogen and oxygen atoms in total. The van der Waals surface area contributed by atoms with E-state index in [1.165, 1.54) is 12.8 Å². The fourth-order valence-electron chi connectivity index (χ4n) is 1.57. The van der Waals surface area contributed by atoms with E-state index in [9.17, 15) is 0 Å². The van der Waals surface area contributed by atoms with Crippen molar-refractivity contribution in [2.75, 3.05) is 13.7 Å². The van der Waals surface area contributed by atoms with Crippen LogP contribution in [0.3, 0.4) is 0 Å². The summed E-state index contributed by atoms with van der Waals surface area (Å²) in [5.41, 5.74) is 6.05. The molecule has 2 N–H and O–H groups in total. The lowest BCUT2D eigenvalue weighted by atomic mass is 10.0. The number of rotatable bonds is 4. The molecule has 0 aromatic carbocycles. The van der Waals surface area contributed by atoms with E-state index in [1.807, 2.05) is 6.92 Å². The molecule has 0 aliphatic heterocycles. The fraction of sp³-hybridized carbons (Fsp3) is 0.636. The standard InChI is InChI=1S/C11H16BrN3O/c1-11(6-13,16-2)9-8(12)5-14-10(15-9)7-3-4-7/h5,7H,3-4,6,13H2,1-2H3. The summed E-state index contributed by atoms with van der Waals surface area (Å²) < 4.78 is 6.32. The molecule has 88 valence electrons. The van der Waals surface area contributed by atoms with Crippen LogP contribution in [-0.4, -0.2) is 23.6 Å². The summed E-state index contributed by atoms with van der Waals surface area (Å²) in [5.74, 6) is 1.45. The Hall–Kier alpha value is -0.520. The first-order valence-corrected chi connectivity index (χ1v) is 6.18. The summed E-state index contributed by atoms with van der Waals surface area (Å²) in [6.45, 7) is 2.33. The zero-order chi connectivity index (χ0) is 11.8. The third-order valence-electron chi connectivity index (χ3n) is 3.05. The molecule has 16 heavy (non-hydrogen) atoms. The second kappa shape index (κ2) is 4.39. The van der Waals surface area contributed by atoms with Gasteiger partial charge in [-0.2, -0.15) is 0 Å². The highest BCUT2D eigenvalue weighted by molar-refractivity contribution is 9.10. The van der Waals surface area contributed by atoms with E-state index in [-0.39, 0.29) is 0 Å². The van der Waals surface area contributed by atoms with Crippen LogP contribution in [0.15, 0.2) is 10.7 Å². The predicted octanol–water partition coefficient (Wildman–Crippen LogP) is 1.94. The quantitative estimate of drug-likeness (QED) is 0.918. The van der Waals surface area contributed by atoms with Crippen molar-refractivity contribution >= 4 is 15.9 Å². The van der Waals surface area contributed by atoms with Gasteiger partial charge >= 0.3 is 0 Å². The summed E-state index contributed by atoms with van der Waals surface area (Å²) in [6, 6.07) is 0. The van der Waals surface area contributed by atoms with Crippen LogP contribution in [0.2, 0.25) is 0 Å². The van der Waals surface area contributed by atoms with Gasteiger partial charge in [0.05, 0.1) is 10.2 Å². The molecule has 1 aromatic rings. The van der Waals surface area contributed by atoms with Gasteiger partial charge in [-0.1, -0.05) is 0 Å². The molecule has 1 fully saturated rings. The highest BCUT2D eigenvalue weighted by Gasteiger charge is 2.32. The molecule has 0 radical (unpaired) electrons. The molecule has 0 bridgehead atoms. The predicted molar refractivity (Wildman–Crippen MR) is 65.1 cm³/mol. The lowest BCUT2D eigenvalue weighted by Gasteiger charge is -2.26. The molecule has 1 aromatic heterocycles. The average molecular weight is 286 g/mol. The lowest BCUT2D eigenvalue weighted by molar-refractivity contribution is 0.00544. The monoisotopic (exact) mass is 285 g/mol. The van der Waals surface area contributed by atoms with E-state index >= 15 is 0 Å². The Morgan fingerprint density at radius 2 is 2.31 bits per heavy atom. The molecule has 1 heterocycles. The third kappa shape index (κ3) is 2.12. The molecule has 5 heteroatoms. The van der Waals surface area contributed by atoms with Crippen LogP contribution in [-0.2, 0) is 10.3 Å². The molecule has 1 unspecified atom stereocenters. The minimum atomic E-state index is -0.550. The first-order chi connectivity index (χ1) is 7.60. The van der Waals surface area contributed by atoms with E-state index in [2.05, 4.69) is 25.9 Å². The fourth-order valence-corrected chi connectivity index (χ4v) is 2.18. The minimum absolute atomic E-state index is 0.392. The van der Waals surface area contributed by atoms with Gasteiger partial charge in [0.25, 0.3) is 0 Å². The van der Waals surface area contributed by atoms with Crippen LogP contribution in [0.1, 0.15) is 37.2 Å². The molecular weight excluding hydrogens is 270 g/mol. The summed E-state index contributed by atoms with van der Waals surface area (Å²) in [4.78, 5) is 8.91. The van der Waals surface area contributed by atoms with Crippen molar-refractivity contribution in [3.8, 4) is 0 Å². The van der Waals surface area contributed by atoms with Crippen molar-refractivity contribution in [2.24, 2.45) is 5.73 Å². The van der Waals surface area contributed by atoms with Gasteiger partial charge in [0.1, 0.15) is 11.4 Å². The van der Waals surface area contributed by atoms with Gasteiger partial charge < -0.3 is 10.5 Å². The summed E-state index contributed by atoms with van der Waals surface area (Å²) >= 11 is 3.46. The van der Waals surface area contributed by atoms with Gasteiger partial charge in [-0.25, -0.2) is 9.97 Å². The second-order valence-corrected chi connectivity index (χ2v) is 5.19. The van der Waals surface area contributed by atoms with E-state index < -0.39 is 5.60 Å². The summed E-state index contributed by atoms with van der Waals surface area (Å²) in [7, 11) is 1.65. The van der Waals surface area contributed by atoms with Crippen LogP contribution in [0.25, 0.3) is 0 Å². The van der Waals surface area contributed by atoms with Crippen molar-refractivity contribution < 1.29 is 4.74 Å². The number of hydrogen-bond donors (Lipinski definition) is 1. The van der Waals surface area contributed by atoms with Crippen molar-refractivity contribution in [2.45, 2.75) is 31.3 Å². The largest absolute Gasteiger partial charge is 0.371 e. The Morgan fingerprint density at radius 3 is 2.81 bits per heavy atom. The van der Waals surface area contributed by atoms with Gasteiger partial charge in [0.2, 0.25) is 0 Å². The molecule has 1 aliphatic carbocycles. The van der Waals surface area contributed by atoms with Gasteiger partial charge in [-0.3, -0.25) is 0 Å². The third-order valence-corrected chi connectivity index (χ3v) is 3.63. The Labute approximate surface area is 104 Å². The first kappa shape index (κ1) is 12.0. The topological polar surface area (TPSA) is 61.0 Å². The molecule has 0 spiro atoms. The zero-order valence-corrected chi connectivity index (χ0v) is 11.1. The van der Waals surface area contributed by atoms with Crippen LogP contribution in [0, 0.1) is 0 Å². The van der Waals surface area contributed by atoms with Crippen LogP contribution in [0.5, 0.6) is 0 Å². The van der Waals surface area contributed by atoms with E-state index in [1.54, 1.807) is 13.3 Å². The number of halogens is 1. The number of nitrogens with zero attached hydrogens (tertiary/aromatic N) is 2. The highest BCUT2D eigenvalue weighted by Crippen LogP contribution is 2.39. The maximum Gasteiger partial charge on any atom is 0.131 e. The van der Waals surface area contributed by atoms with E-state index in [0.29, 0.717) is 12.5 Å². The Bertz CT molecular complexity index is 389. The van der Waals surface area contributed by atoms with Crippen LogP contribution >= 0.6 is 15.9 Å². The second-order valence-electron chi connectivity index (χ2n) is 4.34. The molecule has 0 amide bonds. The summed E-state index contributed by atoms with van der Waals surface area (Å²) in [5, 5.41) is 0. The first-order valence-electron chi connectivity index (χ1n) is 5.39. The highest BCUT2D eigenvalue weighted by atomic mass is 79.9. The molecule has 1 atom stereocenters. The molecule has 1 aliphatic rings. The van der Waals surface area contributed by atoms with E-state index in [4.69, 9.17) is 10.5 Å². The SMILES string of the molecule is COC(C)(CN)c1nc(C2CC2)ncc1Br. The maximum absolute atomic E-state index is 5.75. The smallest absolute Gasteiger partial charge is 0.131 e. The van der Waals surface area contributed by atoms with Gasteiger partial charge in [-0.05, 0) is 35.7 Å². The van der Waals surface area contributed by atoms with Gasteiger partial charge in [0, 0.05) is 25.8 Å². The molecule has 1 saturated carbocycles. The van der Waals surface area contributed by atoms with Crippen LogP contribution in [0.4, 0.5) is 0 Å². The summed E-state index contributed by atoms with van der Waals surface area (Å²) in [6.07, 6.45) is 4.17. The van der Waals surface area contributed by atoms with Crippen molar-refractivity contribution in [3.05, 3.63) is 22.2 Å². The number of ether oxygens (including phenoxy) is 1. The Morgan fingerprint density at radius 1 is 1.62 bits per heavy atom. The van der Waals surface area contributed by atoms with E-state index in [0.717, 1.165) is 16.0 Å². The van der Waals surface area contributed by atoms with Crippen molar-refractivity contribution in [1.29, 1.82) is 0 Å². The van der Waals surface area contributed by atoms with Crippen molar-refractivity contribution in [3.63, 3.8) is 0 Å². The zero-order valence-electron chi connectivity index (χ0n) is 9.53. The molecule has 2 rings (SSSR count). The van der Waals surface area contributed by atoms with Gasteiger partial charge in [0.15, 0.2) is 0 Å². The van der Waals surface area contributed by atoms with Crippen LogP contribution < -0.4 is 5.73 Å². The maximum atomic E-state index is 5.75. The Balaban J connectivity index is 2.41. The normalized spacial score (nSPS) is 19.5. The number of methoxy groups -OCH3 is 1. The van der Waals surface area contributed by atoms with Gasteiger partial charge in [-0.15, -0.1) is 0 Å². The average Bonchev–Trinajstić information content (AvgIpc) is 3.13. The number of nitrogens with two attached hydrogens (primary N) is 1. The lowest BCUT2D eigenvalue weighted by Crippen LogP contribution is -2.35.